The topological polar surface area (TPSA) is 18.5 Å². The average Bonchev–Trinajstić information content (AvgIpc) is 1.55. The number of ether oxygens (including phenoxy) is 2. The second-order valence-corrected chi connectivity index (χ2v) is 1.62. The van der Waals surface area contributed by atoms with Gasteiger partial charge >= 0.3 is 12.5 Å². The largest absolute Gasteiger partial charge is 0.527 e. The first-order chi connectivity index (χ1) is 4.77. The lowest BCUT2D eigenvalue weighted by Gasteiger charge is -2.16. The molecule has 0 unspecified atom stereocenters. The van der Waals surface area contributed by atoms with Crippen molar-refractivity contribution in [2.75, 3.05) is 13.7 Å². The minimum atomic E-state index is -5.35. The monoisotopic (exact) mass is 180 g/mol. The number of hydrogen-bond acceptors (Lipinski definition) is 2. The summed E-state index contributed by atoms with van der Waals surface area (Å²) in [5.41, 5.74) is 0. The lowest BCUT2D eigenvalue weighted by Crippen LogP contribution is -2.33. The van der Waals surface area contributed by atoms with E-state index >= 15 is 0 Å². The van der Waals surface area contributed by atoms with Crippen molar-refractivity contribution in [2.45, 2.75) is 12.5 Å². The van der Waals surface area contributed by atoms with Crippen molar-refractivity contribution < 1.29 is 31.4 Å². The fourth-order valence-electron chi connectivity index (χ4n) is 0.367. The summed E-state index contributed by atoms with van der Waals surface area (Å²) in [7, 11) is 0.841. The molecule has 0 amide bonds. The molecule has 0 bridgehead atoms. The summed E-state index contributed by atoms with van der Waals surface area (Å²) in [6.45, 7) is -1.42. The maximum atomic E-state index is 11.9. The van der Waals surface area contributed by atoms with Crippen LogP contribution < -0.4 is 0 Å². The van der Waals surface area contributed by atoms with Gasteiger partial charge in [-0.1, -0.05) is 0 Å². The Morgan fingerprint density at radius 3 is 1.82 bits per heavy atom. The highest BCUT2D eigenvalue weighted by molar-refractivity contribution is 4.49. The highest BCUT2D eigenvalue weighted by Gasteiger charge is 2.44. The van der Waals surface area contributed by atoms with Crippen molar-refractivity contribution in [3.8, 4) is 0 Å². The molecular weight excluding hydrogens is 175 g/mol. The summed E-state index contributed by atoms with van der Waals surface area (Å²) in [4.78, 5) is 0. The average molecular weight is 180 g/mol. The summed E-state index contributed by atoms with van der Waals surface area (Å²) in [5.74, 6) is 0. The molecule has 2 nitrogen and oxygen atoms in total. The van der Waals surface area contributed by atoms with Crippen LogP contribution in [0, 0.1) is 0 Å². The predicted molar refractivity (Wildman–Crippen MR) is 24.0 cm³/mol. The molecular formula is C4H5F5O2. The van der Waals surface area contributed by atoms with Crippen LogP contribution in [0.25, 0.3) is 0 Å². The summed E-state index contributed by atoms with van der Waals surface area (Å²) in [5, 5.41) is 0. The zero-order chi connectivity index (χ0) is 9.12. The standard InChI is InChI=1S/C4H5F5O2/c1-10-2-3(5,6)11-4(7,8)9/h2H2,1H3. The molecule has 0 aromatic rings. The fourth-order valence-corrected chi connectivity index (χ4v) is 0.367. The van der Waals surface area contributed by atoms with E-state index in [2.05, 4.69) is 9.47 Å². The molecule has 0 radical (unpaired) electrons. The number of alkyl halides is 5. The van der Waals surface area contributed by atoms with E-state index in [0.29, 0.717) is 0 Å². The highest BCUT2D eigenvalue weighted by Crippen LogP contribution is 2.27. The van der Waals surface area contributed by atoms with Crippen LogP contribution in [0.3, 0.4) is 0 Å². The second-order valence-electron chi connectivity index (χ2n) is 1.62. The first kappa shape index (κ1) is 10.6. The Kier molecular flexibility index (Phi) is 3.18. The van der Waals surface area contributed by atoms with Gasteiger partial charge in [-0.2, -0.15) is 8.78 Å². The second kappa shape index (κ2) is 3.31. The van der Waals surface area contributed by atoms with Gasteiger partial charge in [-0.3, -0.25) is 0 Å². The third-order valence-corrected chi connectivity index (χ3v) is 0.577. The minimum Gasteiger partial charge on any atom is -0.376 e. The van der Waals surface area contributed by atoms with E-state index in [1.54, 1.807) is 0 Å². The third-order valence-electron chi connectivity index (χ3n) is 0.577. The molecule has 0 aliphatic carbocycles. The molecule has 0 rings (SSSR count). The van der Waals surface area contributed by atoms with E-state index in [1.165, 1.54) is 0 Å². The Morgan fingerprint density at radius 2 is 1.55 bits per heavy atom. The van der Waals surface area contributed by atoms with Gasteiger partial charge in [0.25, 0.3) is 0 Å². The smallest absolute Gasteiger partial charge is 0.376 e. The van der Waals surface area contributed by atoms with Crippen LogP contribution in [-0.4, -0.2) is 26.2 Å². The minimum absolute atomic E-state index is 0.841. The van der Waals surface area contributed by atoms with E-state index in [9.17, 15) is 22.0 Å². The van der Waals surface area contributed by atoms with Crippen LogP contribution in [0.4, 0.5) is 22.0 Å². The number of rotatable bonds is 3. The van der Waals surface area contributed by atoms with E-state index in [4.69, 9.17) is 0 Å². The molecule has 0 aliphatic rings. The van der Waals surface area contributed by atoms with E-state index in [0.717, 1.165) is 7.11 Å². The molecule has 11 heavy (non-hydrogen) atoms. The van der Waals surface area contributed by atoms with Gasteiger partial charge in [0.1, 0.15) is 6.61 Å². The first-order valence-electron chi connectivity index (χ1n) is 2.40. The van der Waals surface area contributed by atoms with Gasteiger partial charge in [0.05, 0.1) is 0 Å². The summed E-state index contributed by atoms with van der Waals surface area (Å²) in [6, 6.07) is 0. The Labute approximate surface area is 58.9 Å². The Morgan fingerprint density at radius 1 is 1.09 bits per heavy atom. The molecule has 7 heteroatoms. The van der Waals surface area contributed by atoms with Gasteiger partial charge in [0, 0.05) is 7.11 Å². The van der Waals surface area contributed by atoms with Crippen molar-refractivity contribution in [2.24, 2.45) is 0 Å². The Bertz CT molecular complexity index is 120. The van der Waals surface area contributed by atoms with Crippen molar-refractivity contribution >= 4 is 0 Å². The maximum Gasteiger partial charge on any atom is 0.527 e. The van der Waals surface area contributed by atoms with Gasteiger partial charge < -0.3 is 4.74 Å². The highest BCUT2D eigenvalue weighted by atomic mass is 19.4. The van der Waals surface area contributed by atoms with Crippen molar-refractivity contribution in [3.05, 3.63) is 0 Å². The summed E-state index contributed by atoms with van der Waals surface area (Å²) >= 11 is 0. The molecule has 0 saturated heterocycles. The van der Waals surface area contributed by atoms with Crippen LogP contribution in [-0.2, 0) is 9.47 Å². The number of methoxy groups -OCH3 is 1. The lowest BCUT2D eigenvalue weighted by molar-refractivity contribution is -0.430. The molecule has 0 saturated carbocycles. The van der Waals surface area contributed by atoms with Crippen LogP contribution in [0.15, 0.2) is 0 Å². The van der Waals surface area contributed by atoms with Crippen molar-refractivity contribution in [1.29, 1.82) is 0 Å². The van der Waals surface area contributed by atoms with E-state index in [1.807, 2.05) is 0 Å². The molecule has 68 valence electrons. The summed E-state index contributed by atoms with van der Waals surface area (Å²) < 4.78 is 63.2. The SMILES string of the molecule is COCC(F)(F)OC(F)(F)F. The van der Waals surface area contributed by atoms with Gasteiger partial charge in [-0.25, -0.2) is 4.74 Å². The lowest BCUT2D eigenvalue weighted by atomic mass is 10.7. The molecule has 0 heterocycles. The molecule has 0 fully saturated rings. The zero-order valence-corrected chi connectivity index (χ0v) is 5.41. The summed E-state index contributed by atoms with van der Waals surface area (Å²) in [6.07, 6.45) is -9.66. The first-order valence-corrected chi connectivity index (χ1v) is 2.40. The zero-order valence-electron chi connectivity index (χ0n) is 5.41. The van der Waals surface area contributed by atoms with Gasteiger partial charge in [-0.15, -0.1) is 13.2 Å². The molecule has 0 aliphatic heterocycles. The van der Waals surface area contributed by atoms with Crippen LogP contribution >= 0.6 is 0 Å². The van der Waals surface area contributed by atoms with E-state index in [-0.39, 0.29) is 0 Å². The van der Waals surface area contributed by atoms with Crippen LogP contribution in [0.1, 0.15) is 0 Å². The fraction of sp³-hybridized carbons (Fsp3) is 1.00. The number of halogens is 5. The predicted octanol–water partition coefficient (Wildman–Crippen LogP) is 1.76. The Balaban J connectivity index is 3.91. The van der Waals surface area contributed by atoms with Crippen LogP contribution in [0.5, 0.6) is 0 Å². The maximum absolute atomic E-state index is 11.9. The van der Waals surface area contributed by atoms with Crippen molar-refractivity contribution in [3.63, 3.8) is 0 Å². The van der Waals surface area contributed by atoms with Gasteiger partial charge in [0.15, 0.2) is 0 Å². The molecule has 0 atom stereocenters. The Hall–Kier alpha value is -0.430. The number of hydrogen-bond donors (Lipinski definition) is 0. The van der Waals surface area contributed by atoms with Gasteiger partial charge in [-0.05, 0) is 0 Å². The quantitative estimate of drug-likeness (QED) is 0.616. The van der Waals surface area contributed by atoms with Gasteiger partial charge in [0.2, 0.25) is 0 Å². The normalized spacial score (nSPS) is 13.6. The van der Waals surface area contributed by atoms with Crippen molar-refractivity contribution in [1.82, 2.24) is 0 Å². The molecule has 0 aromatic heterocycles. The van der Waals surface area contributed by atoms with Crippen LogP contribution in [0.2, 0.25) is 0 Å². The molecule has 0 N–H and O–H groups in total. The molecule has 0 spiro atoms. The third kappa shape index (κ3) is 5.99. The van der Waals surface area contributed by atoms with E-state index < -0.39 is 19.1 Å². The molecule has 0 aromatic carbocycles.